The molecule has 0 aliphatic carbocycles. The van der Waals surface area contributed by atoms with Crippen LogP contribution >= 0.6 is 0 Å². The zero-order valence-electron chi connectivity index (χ0n) is 17.8. The fourth-order valence-electron chi connectivity index (χ4n) is 4.46. The highest BCUT2D eigenvalue weighted by Gasteiger charge is 2.40. The number of methoxy groups -OCH3 is 1. The van der Waals surface area contributed by atoms with Crippen molar-refractivity contribution in [3.63, 3.8) is 0 Å². The number of ether oxygens (including phenoxy) is 2. The molecule has 1 aliphatic heterocycles. The van der Waals surface area contributed by atoms with Crippen LogP contribution in [0.4, 0.5) is 0 Å². The first-order valence-electron chi connectivity index (χ1n) is 10.6. The Hall–Kier alpha value is -1.84. The van der Waals surface area contributed by atoms with Crippen molar-refractivity contribution in [2.45, 2.75) is 57.6 Å². The number of nitrogens with one attached hydrogen (secondary N) is 1. The Morgan fingerprint density at radius 3 is 2.50 bits per heavy atom. The van der Waals surface area contributed by atoms with Gasteiger partial charge in [-0.1, -0.05) is 62.4 Å². The largest absolute Gasteiger partial charge is 0.496 e. The molecule has 0 unspecified atom stereocenters. The van der Waals surface area contributed by atoms with Crippen LogP contribution in [-0.4, -0.2) is 26.4 Å². The maximum Gasteiger partial charge on any atom is 0.122 e. The molecule has 3 nitrogen and oxygen atoms in total. The molecule has 1 saturated heterocycles. The van der Waals surface area contributed by atoms with Crippen molar-refractivity contribution in [3.8, 4) is 5.75 Å². The van der Waals surface area contributed by atoms with Gasteiger partial charge in [-0.25, -0.2) is 0 Å². The van der Waals surface area contributed by atoms with E-state index in [4.69, 9.17) is 9.47 Å². The van der Waals surface area contributed by atoms with Gasteiger partial charge in [-0.05, 0) is 50.3 Å². The molecule has 0 aromatic heterocycles. The molecule has 1 N–H and O–H groups in total. The fraction of sp³-hybridized carbons (Fsp3) is 0.520. The van der Waals surface area contributed by atoms with Gasteiger partial charge in [0.15, 0.2) is 0 Å². The molecule has 0 spiro atoms. The average molecular weight is 382 g/mol. The third-order valence-corrected chi connectivity index (χ3v) is 6.28. The van der Waals surface area contributed by atoms with E-state index in [1.54, 1.807) is 7.11 Å². The lowest BCUT2D eigenvalue weighted by atomic mass is 9.68. The Labute approximate surface area is 170 Å². The summed E-state index contributed by atoms with van der Waals surface area (Å²) >= 11 is 0. The summed E-state index contributed by atoms with van der Waals surface area (Å²) in [6, 6.07) is 19.6. The van der Waals surface area contributed by atoms with Crippen LogP contribution in [-0.2, 0) is 10.2 Å². The highest BCUT2D eigenvalue weighted by molar-refractivity contribution is 5.40. The Kier molecular flexibility index (Phi) is 7.14. The van der Waals surface area contributed by atoms with Crippen LogP contribution in [0.2, 0.25) is 0 Å². The lowest BCUT2D eigenvalue weighted by Crippen LogP contribution is -2.43. The molecule has 2 aromatic carbocycles. The van der Waals surface area contributed by atoms with Gasteiger partial charge >= 0.3 is 0 Å². The summed E-state index contributed by atoms with van der Waals surface area (Å²) in [6.07, 6.45) is 3.46. The molecule has 0 bridgehead atoms. The normalized spacial score (nSPS) is 23.5. The van der Waals surface area contributed by atoms with Crippen LogP contribution in [0.25, 0.3) is 0 Å². The molecule has 28 heavy (non-hydrogen) atoms. The molecule has 1 fully saturated rings. The number of para-hydroxylation sites is 1. The maximum atomic E-state index is 6.13. The molecular weight excluding hydrogens is 346 g/mol. The summed E-state index contributed by atoms with van der Waals surface area (Å²) in [5, 5.41) is 3.74. The number of hydrogen-bond donors (Lipinski definition) is 1. The topological polar surface area (TPSA) is 30.5 Å². The van der Waals surface area contributed by atoms with Crippen LogP contribution < -0.4 is 10.1 Å². The Balaban J connectivity index is 1.79. The van der Waals surface area contributed by atoms with Gasteiger partial charge in [-0.2, -0.15) is 0 Å². The average Bonchev–Trinajstić information content (AvgIpc) is 2.74. The molecule has 0 radical (unpaired) electrons. The van der Waals surface area contributed by atoms with Crippen molar-refractivity contribution in [1.82, 2.24) is 5.32 Å². The molecule has 3 atom stereocenters. The summed E-state index contributed by atoms with van der Waals surface area (Å²) in [7, 11) is 1.78. The molecular formula is C25H35NO2. The maximum absolute atomic E-state index is 6.13. The van der Waals surface area contributed by atoms with Crippen molar-refractivity contribution < 1.29 is 9.47 Å². The first-order valence-corrected chi connectivity index (χ1v) is 10.6. The lowest BCUT2D eigenvalue weighted by Gasteiger charge is -2.43. The summed E-state index contributed by atoms with van der Waals surface area (Å²) in [6.45, 7) is 8.55. The minimum absolute atomic E-state index is 0.0865. The van der Waals surface area contributed by atoms with Gasteiger partial charge in [0.2, 0.25) is 0 Å². The standard InChI is InChI=1S/C25H35NO2/c1-19(2)24-18-25(15-17-28-24,22-12-8-9-13-23(22)27-4)14-16-26-20(3)21-10-6-5-7-11-21/h5-13,19-20,24,26H,14-18H2,1-4H3/t20-,24-,25-/m0/s1. The number of rotatable bonds is 8. The van der Waals surface area contributed by atoms with E-state index in [9.17, 15) is 0 Å². The zero-order chi connectivity index (χ0) is 20.0. The molecule has 3 rings (SSSR count). The summed E-state index contributed by atoms with van der Waals surface area (Å²) in [5.41, 5.74) is 2.75. The molecule has 1 heterocycles. The highest BCUT2D eigenvalue weighted by atomic mass is 16.5. The number of hydrogen-bond acceptors (Lipinski definition) is 3. The highest BCUT2D eigenvalue weighted by Crippen LogP contribution is 2.45. The number of benzene rings is 2. The summed E-state index contributed by atoms with van der Waals surface area (Å²) in [5.74, 6) is 1.52. The van der Waals surface area contributed by atoms with Crippen LogP contribution in [0.5, 0.6) is 5.75 Å². The molecule has 0 saturated carbocycles. The first-order chi connectivity index (χ1) is 13.6. The van der Waals surface area contributed by atoms with Crippen LogP contribution in [0.3, 0.4) is 0 Å². The predicted octanol–water partition coefficient (Wildman–Crippen LogP) is 5.51. The smallest absolute Gasteiger partial charge is 0.122 e. The van der Waals surface area contributed by atoms with Crippen LogP contribution in [0, 0.1) is 5.92 Å². The van der Waals surface area contributed by atoms with Gasteiger partial charge in [0, 0.05) is 23.6 Å². The molecule has 1 aliphatic rings. The van der Waals surface area contributed by atoms with Crippen LogP contribution in [0.1, 0.15) is 57.2 Å². The van der Waals surface area contributed by atoms with Gasteiger partial charge in [-0.15, -0.1) is 0 Å². The van der Waals surface area contributed by atoms with E-state index in [0.29, 0.717) is 18.1 Å². The second-order valence-electron chi connectivity index (χ2n) is 8.42. The Bertz CT molecular complexity index is 730. The first kappa shape index (κ1) is 20.9. The monoisotopic (exact) mass is 381 g/mol. The van der Waals surface area contributed by atoms with E-state index in [1.807, 2.05) is 0 Å². The van der Waals surface area contributed by atoms with Gasteiger partial charge < -0.3 is 14.8 Å². The molecule has 2 aromatic rings. The van der Waals surface area contributed by atoms with Crippen molar-refractivity contribution in [2.75, 3.05) is 20.3 Å². The van der Waals surface area contributed by atoms with Gasteiger partial charge in [0.1, 0.15) is 5.75 Å². The van der Waals surface area contributed by atoms with Gasteiger partial charge in [-0.3, -0.25) is 0 Å². The quantitative estimate of drug-likeness (QED) is 0.654. The summed E-state index contributed by atoms with van der Waals surface area (Å²) in [4.78, 5) is 0. The predicted molar refractivity (Wildman–Crippen MR) is 116 cm³/mol. The second-order valence-corrected chi connectivity index (χ2v) is 8.42. The minimum atomic E-state index is 0.0865. The minimum Gasteiger partial charge on any atom is -0.496 e. The fourth-order valence-corrected chi connectivity index (χ4v) is 4.46. The third-order valence-electron chi connectivity index (χ3n) is 6.28. The van der Waals surface area contributed by atoms with E-state index in [1.165, 1.54) is 11.1 Å². The van der Waals surface area contributed by atoms with E-state index in [-0.39, 0.29) is 5.41 Å². The third kappa shape index (κ3) is 4.76. The van der Waals surface area contributed by atoms with Gasteiger partial charge in [0.25, 0.3) is 0 Å². The van der Waals surface area contributed by atoms with Crippen molar-refractivity contribution >= 4 is 0 Å². The van der Waals surface area contributed by atoms with E-state index >= 15 is 0 Å². The van der Waals surface area contributed by atoms with E-state index in [0.717, 1.165) is 38.2 Å². The van der Waals surface area contributed by atoms with Crippen LogP contribution in [0.15, 0.2) is 54.6 Å². The van der Waals surface area contributed by atoms with E-state index < -0.39 is 0 Å². The second kappa shape index (κ2) is 9.58. The van der Waals surface area contributed by atoms with Crippen molar-refractivity contribution in [3.05, 3.63) is 65.7 Å². The van der Waals surface area contributed by atoms with Crippen molar-refractivity contribution in [2.24, 2.45) is 5.92 Å². The SMILES string of the molecule is COc1ccccc1[C@@]1(CCN[C@@H](C)c2ccccc2)CCO[C@H](C(C)C)C1. The van der Waals surface area contributed by atoms with E-state index in [2.05, 4.69) is 80.7 Å². The molecule has 0 amide bonds. The molecule has 152 valence electrons. The Morgan fingerprint density at radius 2 is 1.79 bits per heavy atom. The Morgan fingerprint density at radius 1 is 1.07 bits per heavy atom. The molecule has 3 heteroatoms. The van der Waals surface area contributed by atoms with Gasteiger partial charge in [0.05, 0.1) is 13.2 Å². The summed E-state index contributed by atoms with van der Waals surface area (Å²) < 4.78 is 11.9. The van der Waals surface area contributed by atoms with Crippen molar-refractivity contribution in [1.29, 1.82) is 0 Å². The zero-order valence-corrected chi connectivity index (χ0v) is 17.8. The lowest BCUT2D eigenvalue weighted by molar-refractivity contribution is -0.0474.